The van der Waals surface area contributed by atoms with Gasteiger partial charge in [-0.3, -0.25) is 0 Å². The molecule has 1 aromatic rings. The van der Waals surface area contributed by atoms with Crippen molar-refractivity contribution in [3.05, 3.63) is 23.8 Å². The Morgan fingerprint density at radius 3 is 2.06 bits per heavy atom. The van der Waals surface area contributed by atoms with Crippen LogP contribution in [-0.4, -0.2) is 26.8 Å². The van der Waals surface area contributed by atoms with E-state index in [1.165, 1.54) is 0 Å². The zero-order valence-electron chi connectivity index (χ0n) is 12.1. The first-order valence-corrected chi connectivity index (χ1v) is 6.54. The van der Waals surface area contributed by atoms with Gasteiger partial charge in [-0.15, -0.1) is 0 Å². The molecule has 0 aliphatic carbocycles. The van der Waals surface area contributed by atoms with Gasteiger partial charge in [0.25, 0.3) is 0 Å². The van der Waals surface area contributed by atoms with Crippen LogP contribution in [0.25, 0.3) is 0 Å². The van der Waals surface area contributed by atoms with Gasteiger partial charge in [0.15, 0.2) is 0 Å². The maximum atomic E-state index is 5.44. The van der Waals surface area contributed by atoms with E-state index in [9.17, 15) is 0 Å². The van der Waals surface area contributed by atoms with Gasteiger partial charge in [-0.05, 0) is 31.0 Å². The van der Waals surface area contributed by atoms with Gasteiger partial charge in [0.05, 0.1) is 14.2 Å². The average Bonchev–Trinajstić information content (AvgIpc) is 2.36. The van der Waals surface area contributed by atoms with E-state index in [0.29, 0.717) is 12.0 Å². The topological polar surface area (TPSA) is 30.5 Å². The van der Waals surface area contributed by atoms with Crippen LogP contribution in [0.5, 0.6) is 11.5 Å². The predicted molar refractivity (Wildman–Crippen MR) is 75.7 cm³/mol. The summed E-state index contributed by atoms with van der Waals surface area (Å²) < 4.78 is 10.9. The molecule has 0 fully saturated rings. The summed E-state index contributed by atoms with van der Waals surface area (Å²) >= 11 is 0. The van der Waals surface area contributed by atoms with Crippen LogP contribution < -0.4 is 14.8 Å². The Hall–Kier alpha value is -1.22. The van der Waals surface area contributed by atoms with E-state index in [4.69, 9.17) is 9.47 Å². The number of nitrogens with one attached hydrogen (secondary N) is 1. The standard InChI is InChI=1S/C15H25NO2/c1-11(2)16-10-9-12(3)15-13(17-4)7-6-8-14(15)18-5/h6-8,11-12,16H,9-10H2,1-5H3. The van der Waals surface area contributed by atoms with Crippen LogP contribution in [0.1, 0.15) is 38.7 Å². The van der Waals surface area contributed by atoms with Gasteiger partial charge < -0.3 is 14.8 Å². The van der Waals surface area contributed by atoms with E-state index in [1.54, 1.807) is 14.2 Å². The van der Waals surface area contributed by atoms with Crippen molar-refractivity contribution in [2.75, 3.05) is 20.8 Å². The van der Waals surface area contributed by atoms with E-state index >= 15 is 0 Å². The van der Waals surface area contributed by atoms with Crippen LogP contribution in [-0.2, 0) is 0 Å². The largest absolute Gasteiger partial charge is 0.496 e. The normalized spacial score (nSPS) is 12.6. The molecule has 3 heteroatoms. The second-order valence-corrected chi connectivity index (χ2v) is 4.87. The minimum absolute atomic E-state index is 0.405. The molecule has 0 spiro atoms. The quantitative estimate of drug-likeness (QED) is 0.807. The molecule has 1 rings (SSSR count). The van der Waals surface area contributed by atoms with Gasteiger partial charge in [0, 0.05) is 11.6 Å². The fraction of sp³-hybridized carbons (Fsp3) is 0.600. The molecule has 1 atom stereocenters. The lowest BCUT2D eigenvalue weighted by atomic mass is 9.95. The van der Waals surface area contributed by atoms with Crippen molar-refractivity contribution in [2.24, 2.45) is 0 Å². The Morgan fingerprint density at radius 2 is 1.61 bits per heavy atom. The molecular weight excluding hydrogens is 226 g/mol. The highest BCUT2D eigenvalue weighted by Crippen LogP contribution is 2.36. The fourth-order valence-electron chi connectivity index (χ4n) is 2.10. The summed E-state index contributed by atoms with van der Waals surface area (Å²) in [7, 11) is 3.41. The smallest absolute Gasteiger partial charge is 0.126 e. The lowest BCUT2D eigenvalue weighted by Gasteiger charge is -2.19. The first-order valence-electron chi connectivity index (χ1n) is 6.54. The van der Waals surface area contributed by atoms with Gasteiger partial charge in [-0.1, -0.05) is 26.8 Å². The first kappa shape index (κ1) is 14.8. The molecule has 0 saturated heterocycles. The average molecular weight is 251 g/mol. The number of rotatable bonds is 7. The molecule has 0 aliphatic heterocycles. The van der Waals surface area contributed by atoms with Crippen LogP contribution in [0.3, 0.4) is 0 Å². The lowest BCUT2D eigenvalue weighted by molar-refractivity contribution is 0.377. The summed E-state index contributed by atoms with van der Waals surface area (Å²) in [6, 6.07) is 6.46. The minimum Gasteiger partial charge on any atom is -0.496 e. The Kier molecular flexibility index (Phi) is 5.99. The number of ether oxygens (including phenoxy) is 2. The molecule has 1 unspecified atom stereocenters. The zero-order valence-corrected chi connectivity index (χ0v) is 12.1. The zero-order chi connectivity index (χ0) is 13.5. The first-order chi connectivity index (χ1) is 8.60. The van der Waals surface area contributed by atoms with Gasteiger partial charge >= 0.3 is 0 Å². The number of hydrogen-bond donors (Lipinski definition) is 1. The maximum absolute atomic E-state index is 5.44. The molecule has 1 N–H and O–H groups in total. The Morgan fingerprint density at radius 1 is 1.06 bits per heavy atom. The number of benzene rings is 1. The minimum atomic E-state index is 0.405. The summed E-state index contributed by atoms with van der Waals surface area (Å²) in [5.74, 6) is 2.22. The van der Waals surface area contributed by atoms with Crippen LogP contribution >= 0.6 is 0 Å². The van der Waals surface area contributed by atoms with Crippen molar-refractivity contribution in [2.45, 2.75) is 39.2 Å². The van der Waals surface area contributed by atoms with Crippen molar-refractivity contribution in [1.29, 1.82) is 0 Å². The Labute approximate surface area is 110 Å². The molecule has 0 radical (unpaired) electrons. The van der Waals surface area contributed by atoms with E-state index in [-0.39, 0.29) is 0 Å². The summed E-state index contributed by atoms with van der Waals surface area (Å²) in [6.45, 7) is 7.53. The third-order valence-corrected chi connectivity index (χ3v) is 3.09. The molecule has 1 aromatic carbocycles. The second kappa shape index (κ2) is 7.27. The maximum Gasteiger partial charge on any atom is 0.126 e. The molecule has 0 amide bonds. The molecule has 0 saturated carbocycles. The third-order valence-electron chi connectivity index (χ3n) is 3.09. The van der Waals surface area contributed by atoms with Crippen molar-refractivity contribution < 1.29 is 9.47 Å². The monoisotopic (exact) mass is 251 g/mol. The van der Waals surface area contributed by atoms with Crippen LogP contribution in [0, 0.1) is 0 Å². The molecule has 0 aliphatic rings. The van der Waals surface area contributed by atoms with E-state index in [2.05, 4.69) is 26.1 Å². The Bertz CT molecular complexity index is 341. The molecule has 102 valence electrons. The summed E-state index contributed by atoms with van der Waals surface area (Å²) in [5.41, 5.74) is 1.16. The third kappa shape index (κ3) is 3.91. The molecular formula is C15H25NO2. The summed E-state index contributed by atoms with van der Waals surface area (Å²) in [5, 5.41) is 3.44. The second-order valence-electron chi connectivity index (χ2n) is 4.87. The highest BCUT2D eigenvalue weighted by atomic mass is 16.5. The number of methoxy groups -OCH3 is 2. The lowest BCUT2D eigenvalue weighted by Crippen LogP contribution is -2.24. The van der Waals surface area contributed by atoms with Crippen LogP contribution in [0.4, 0.5) is 0 Å². The van der Waals surface area contributed by atoms with Crippen molar-refractivity contribution in [3.8, 4) is 11.5 Å². The summed E-state index contributed by atoms with van der Waals surface area (Å²) in [4.78, 5) is 0. The predicted octanol–water partition coefficient (Wildman–Crippen LogP) is 3.20. The van der Waals surface area contributed by atoms with Crippen LogP contribution in [0.2, 0.25) is 0 Å². The van der Waals surface area contributed by atoms with Crippen molar-refractivity contribution in [3.63, 3.8) is 0 Å². The molecule has 18 heavy (non-hydrogen) atoms. The molecule has 0 heterocycles. The van der Waals surface area contributed by atoms with E-state index in [0.717, 1.165) is 30.0 Å². The SMILES string of the molecule is COc1cccc(OC)c1C(C)CCNC(C)C. The van der Waals surface area contributed by atoms with Crippen molar-refractivity contribution >= 4 is 0 Å². The van der Waals surface area contributed by atoms with E-state index < -0.39 is 0 Å². The van der Waals surface area contributed by atoms with E-state index in [1.807, 2.05) is 18.2 Å². The Balaban J connectivity index is 2.79. The van der Waals surface area contributed by atoms with Gasteiger partial charge in [-0.2, -0.15) is 0 Å². The number of hydrogen-bond acceptors (Lipinski definition) is 3. The van der Waals surface area contributed by atoms with Gasteiger partial charge in [0.1, 0.15) is 11.5 Å². The summed E-state index contributed by atoms with van der Waals surface area (Å²) in [6.07, 6.45) is 1.06. The molecule has 0 aromatic heterocycles. The van der Waals surface area contributed by atoms with Gasteiger partial charge in [0.2, 0.25) is 0 Å². The van der Waals surface area contributed by atoms with Crippen LogP contribution in [0.15, 0.2) is 18.2 Å². The molecule has 0 bridgehead atoms. The van der Waals surface area contributed by atoms with Crippen molar-refractivity contribution in [1.82, 2.24) is 5.32 Å². The van der Waals surface area contributed by atoms with Gasteiger partial charge in [-0.25, -0.2) is 0 Å². The highest BCUT2D eigenvalue weighted by Gasteiger charge is 2.16. The highest BCUT2D eigenvalue weighted by molar-refractivity contribution is 5.46. The fourth-order valence-corrected chi connectivity index (χ4v) is 2.10. The molecule has 3 nitrogen and oxygen atoms in total.